The first-order valence-corrected chi connectivity index (χ1v) is 10.9. The number of nitrogens with zero attached hydrogens (tertiary/aromatic N) is 1. The third-order valence-electron chi connectivity index (χ3n) is 4.80. The van der Waals surface area contributed by atoms with Gasteiger partial charge in [0, 0.05) is 24.2 Å². The van der Waals surface area contributed by atoms with Gasteiger partial charge in [0.25, 0.3) is 5.91 Å². The van der Waals surface area contributed by atoms with Gasteiger partial charge in [-0.15, -0.1) is 0 Å². The lowest BCUT2D eigenvalue weighted by atomic mass is 10.0. The summed E-state index contributed by atoms with van der Waals surface area (Å²) < 4.78 is 8.22. The molecule has 2 N–H and O–H groups in total. The summed E-state index contributed by atoms with van der Waals surface area (Å²) >= 11 is 2.25. The molecule has 1 atom stereocenters. The molecule has 7 nitrogen and oxygen atoms in total. The van der Waals surface area contributed by atoms with E-state index in [4.69, 9.17) is 4.74 Å². The SMILES string of the molecule is CC(=O)c1cccc(-c2cc3n(c2I)C(CCNC(=O)OC(C)(C)C)CNC3=O)c1. The van der Waals surface area contributed by atoms with Crippen LogP contribution in [-0.2, 0) is 4.74 Å². The Bertz CT molecular complexity index is 991. The Morgan fingerprint density at radius 1 is 1.30 bits per heavy atom. The van der Waals surface area contributed by atoms with Crippen molar-refractivity contribution in [3.05, 3.63) is 45.3 Å². The van der Waals surface area contributed by atoms with Gasteiger partial charge in [0.15, 0.2) is 5.78 Å². The van der Waals surface area contributed by atoms with E-state index in [1.165, 1.54) is 6.92 Å². The first-order valence-electron chi connectivity index (χ1n) is 9.84. The highest BCUT2D eigenvalue weighted by Crippen LogP contribution is 2.34. The number of alkyl carbamates (subject to hydrolysis) is 1. The normalized spacial score (nSPS) is 15.9. The Labute approximate surface area is 189 Å². The Kier molecular flexibility index (Phi) is 6.54. The molecule has 1 aromatic heterocycles. The molecule has 0 radical (unpaired) electrons. The van der Waals surface area contributed by atoms with Crippen LogP contribution in [0.1, 0.15) is 61.0 Å². The van der Waals surface area contributed by atoms with E-state index >= 15 is 0 Å². The summed E-state index contributed by atoms with van der Waals surface area (Å²) in [4.78, 5) is 36.1. The molecule has 0 fully saturated rings. The second kappa shape index (κ2) is 8.79. The number of hydrogen-bond acceptors (Lipinski definition) is 4. The van der Waals surface area contributed by atoms with Gasteiger partial charge in [-0.2, -0.15) is 0 Å². The minimum Gasteiger partial charge on any atom is -0.444 e. The zero-order chi connectivity index (χ0) is 22.1. The molecule has 2 heterocycles. The van der Waals surface area contributed by atoms with Gasteiger partial charge < -0.3 is 19.9 Å². The van der Waals surface area contributed by atoms with Gasteiger partial charge in [0.2, 0.25) is 0 Å². The predicted molar refractivity (Wildman–Crippen MR) is 123 cm³/mol. The van der Waals surface area contributed by atoms with Crippen LogP contribution in [0, 0.1) is 3.70 Å². The highest BCUT2D eigenvalue weighted by molar-refractivity contribution is 14.1. The van der Waals surface area contributed by atoms with Gasteiger partial charge in [-0.3, -0.25) is 9.59 Å². The molecule has 30 heavy (non-hydrogen) atoms. The second-order valence-corrected chi connectivity index (χ2v) is 9.34. The van der Waals surface area contributed by atoms with Crippen molar-refractivity contribution in [1.29, 1.82) is 0 Å². The molecule has 8 heteroatoms. The third-order valence-corrected chi connectivity index (χ3v) is 5.90. The fourth-order valence-electron chi connectivity index (χ4n) is 3.42. The Hall–Kier alpha value is -2.36. The molecule has 0 aliphatic carbocycles. The Morgan fingerprint density at radius 2 is 2.03 bits per heavy atom. The van der Waals surface area contributed by atoms with Crippen molar-refractivity contribution in [3.8, 4) is 11.1 Å². The van der Waals surface area contributed by atoms with Crippen LogP contribution in [0.5, 0.6) is 0 Å². The van der Waals surface area contributed by atoms with Crippen LogP contribution < -0.4 is 10.6 Å². The van der Waals surface area contributed by atoms with E-state index in [2.05, 4.69) is 33.2 Å². The van der Waals surface area contributed by atoms with Crippen molar-refractivity contribution in [2.75, 3.05) is 13.1 Å². The quantitative estimate of drug-likeness (QED) is 0.455. The summed E-state index contributed by atoms with van der Waals surface area (Å²) in [5, 5.41) is 5.70. The van der Waals surface area contributed by atoms with E-state index in [9.17, 15) is 14.4 Å². The molecule has 0 bridgehead atoms. The Balaban J connectivity index is 1.82. The van der Waals surface area contributed by atoms with Crippen LogP contribution >= 0.6 is 22.6 Å². The summed E-state index contributed by atoms with van der Waals surface area (Å²) in [5.41, 5.74) is 2.48. The van der Waals surface area contributed by atoms with Crippen LogP contribution in [0.4, 0.5) is 4.79 Å². The monoisotopic (exact) mass is 523 g/mol. The summed E-state index contributed by atoms with van der Waals surface area (Å²) in [6.07, 6.45) is 0.191. The van der Waals surface area contributed by atoms with E-state index in [0.29, 0.717) is 30.8 Å². The molecular weight excluding hydrogens is 497 g/mol. The van der Waals surface area contributed by atoms with Crippen molar-refractivity contribution in [1.82, 2.24) is 15.2 Å². The predicted octanol–water partition coefficient (Wildman–Crippen LogP) is 4.16. The number of carbonyl (C=O) groups is 3. The van der Waals surface area contributed by atoms with E-state index in [0.717, 1.165) is 14.8 Å². The zero-order valence-corrected chi connectivity index (χ0v) is 19.7. The fraction of sp³-hybridized carbons (Fsp3) is 0.409. The van der Waals surface area contributed by atoms with Crippen LogP contribution in [0.2, 0.25) is 0 Å². The largest absolute Gasteiger partial charge is 0.444 e. The number of fused-ring (bicyclic) bond motifs is 1. The number of benzene rings is 1. The third kappa shape index (κ3) is 5.03. The second-order valence-electron chi connectivity index (χ2n) is 8.32. The van der Waals surface area contributed by atoms with Crippen LogP contribution in [0.3, 0.4) is 0 Å². The molecule has 1 unspecified atom stereocenters. The van der Waals surface area contributed by atoms with E-state index < -0.39 is 11.7 Å². The molecule has 160 valence electrons. The molecule has 1 aliphatic rings. The number of amides is 2. The maximum absolute atomic E-state index is 12.5. The lowest BCUT2D eigenvalue weighted by molar-refractivity contribution is 0.0523. The van der Waals surface area contributed by atoms with E-state index in [-0.39, 0.29) is 17.7 Å². The topological polar surface area (TPSA) is 89.4 Å². The van der Waals surface area contributed by atoms with Crippen LogP contribution in [0.25, 0.3) is 11.1 Å². The fourth-order valence-corrected chi connectivity index (χ4v) is 4.54. The van der Waals surface area contributed by atoms with Gasteiger partial charge in [-0.05, 0) is 74.4 Å². The molecule has 3 rings (SSSR count). The summed E-state index contributed by atoms with van der Waals surface area (Å²) in [6.45, 7) is 7.91. The van der Waals surface area contributed by atoms with Crippen LogP contribution in [-0.4, -0.2) is 41.0 Å². The maximum Gasteiger partial charge on any atom is 0.407 e. The molecular formula is C22H26IN3O4. The van der Waals surface area contributed by atoms with Gasteiger partial charge in [-0.1, -0.05) is 18.2 Å². The molecule has 0 saturated heterocycles. The van der Waals surface area contributed by atoms with Crippen molar-refractivity contribution < 1.29 is 19.1 Å². The van der Waals surface area contributed by atoms with Crippen molar-refractivity contribution >= 4 is 40.4 Å². The number of ketones is 1. The lowest BCUT2D eigenvalue weighted by Gasteiger charge is -2.28. The highest BCUT2D eigenvalue weighted by Gasteiger charge is 2.29. The maximum atomic E-state index is 12.5. The average Bonchev–Trinajstić information content (AvgIpc) is 3.01. The van der Waals surface area contributed by atoms with Crippen molar-refractivity contribution in [2.24, 2.45) is 0 Å². The number of ether oxygens (including phenoxy) is 1. The van der Waals surface area contributed by atoms with Crippen molar-refractivity contribution in [3.63, 3.8) is 0 Å². The van der Waals surface area contributed by atoms with E-state index in [1.807, 2.05) is 49.6 Å². The summed E-state index contributed by atoms with van der Waals surface area (Å²) in [7, 11) is 0. The lowest BCUT2D eigenvalue weighted by Crippen LogP contribution is -2.41. The number of Topliss-reactive ketones (excluding diaryl/α,β-unsaturated/α-hetero) is 1. The van der Waals surface area contributed by atoms with Crippen molar-refractivity contribution in [2.45, 2.75) is 45.8 Å². The summed E-state index contributed by atoms with van der Waals surface area (Å²) in [5.74, 6) is -0.127. The minimum absolute atomic E-state index is 0.000308. The molecule has 2 aromatic rings. The number of carbonyl (C=O) groups excluding carboxylic acids is 3. The first kappa shape index (κ1) is 22.3. The minimum atomic E-state index is -0.546. The average molecular weight is 523 g/mol. The van der Waals surface area contributed by atoms with Gasteiger partial charge in [0.1, 0.15) is 11.3 Å². The number of rotatable bonds is 5. The number of aromatic nitrogens is 1. The zero-order valence-electron chi connectivity index (χ0n) is 17.5. The highest BCUT2D eigenvalue weighted by atomic mass is 127. The van der Waals surface area contributed by atoms with E-state index in [1.54, 1.807) is 6.07 Å². The number of nitrogens with one attached hydrogen (secondary N) is 2. The molecule has 1 aromatic carbocycles. The van der Waals surface area contributed by atoms with Gasteiger partial charge >= 0.3 is 6.09 Å². The molecule has 1 aliphatic heterocycles. The Morgan fingerprint density at radius 3 is 2.70 bits per heavy atom. The molecule has 2 amide bonds. The number of hydrogen-bond donors (Lipinski definition) is 2. The summed E-state index contributed by atoms with van der Waals surface area (Å²) in [6, 6.07) is 9.29. The standard InChI is InChI=1S/C22H26IN3O4/c1-13(27)14-6-5-7-15(10-14)17-11-18-20(28)25-12-16(26(18)19(17)23)8-9-24-21(29)30-22(2,3)4/h5-7,10-11,16H,8-9,12H2,1-4H3,(H,24,29)(H,25,28). The number of halogens is 1. The smallest absolute Gasteiger partial charge is 0.407 e. The van der Waals surface area contributed by atoms with Crippen LogP contribution in [0.15, 0.2) is 30.3 Å². The molecule has 0 spiro atoms. The van der Waals surface area contributed by atoms with Gasteiger partial charge in [0.05, 0.1) is 9.74 Å². The molecule has 0 saturated carbocycles. The first-order chi connectivity index (χ1) is 14.1. The van der Waals surface area contributed by atoms with Gasteiger partial charge in [-0.25, -0.2) is 4.79 Å².